The number of nitrogens with two attached hydrogens (primary N) is 1. The van der Waals surface area contributed by atoms with E-state index in [2.05, 4.69) is 12.2 Å². The van der Waals surface area contributed by atoms with E-state index in [1.54, 1.807) is 0 Å². The lowest BCUT2D eigenvalue weighted by Crippen LogP contribution is -2.67. The van der Waals surface area contributed by atoms with Crippen LogP contribution >= 0.6 is 0 Å². The summed E-state index contributed by atoms with van der Waals surface area (Å²) in [6.45, 7) is 6.80. The molecule has 20 heavy (non-hydrogen) atoms. The Balaban J connectivity index is 1.99. The van der Waals surface area contributed by atoms with E-state index in [1.807, 2.05) is 13.8 Å². The molecule has 4 nitrogen and oxygen atoms in total. The van der Waals surface area contributed by atoms with E-state index >= 15 is 0 Å². The van der Waals surface area contributed by atoms with Crippen LogP contribution in [0.25, 0.3) is 0 Å². The van der Waals surface area contributed by atoms with Crippen LogP contribution in [-0.4, -0.2) is 30.7 Å². The van der Waals surface area contributed by atoms with Gasteiger partial charge in [-0.3, -0.25) is 4.79 Å². The van der Waals surface area contributed by atoms with Crippen molar-refractivity contribution >= 4 is 5.91 Å². The molecule has 116 valence electrons. The van der Waals surface area contributed by atoms with Crippen molar-refractivity contribution in [1.29, 1.82) is 0 Å². The molecule has 1 spiro atoms. The van der Waals surface area contributed by atoms with Gasteiger partial charge in [-0.25, -0.2) is 0 Å². The lowest BCUT2D eigenvalue weighted by atomic mass is 9.55. The second kappa shape index (κ2) is 6.44. The summed E-state index contributed by atoms with van der Waals surface area (Å²) in [5, 5.41) is 3.20. The number of rotatable bonds is 5. The van der Waals surface area contributed by atoms with E-state index in [4.69, 9.17) is 10.5 Å². The van der Waals surface area contributed by atoms with Gasteiger partial charge < -0.3 is 15.8 Å². The second-order valence-corrected chi connectivity index (χ2v) is 6.80. The molecule has 4 heteroatoms. The highest BCUT2D eigenvalue weighted by Crippen LogP contribution is 2.53. The molecule has 0 aromatic rings. The SMILES string of the molecule is CCOC1CC(NC(=O)[C@@H](N)C(C)C)C12CCCCC2. The molecule has 2 unspecified atom stereocenters. The first-order valence-electron chi connectivity index (χ1n) is 8.19. The number of ether oxygens (including phenoxy) is 1. The first-order chi connectivity index (χ1) is 9.51. The second-order valence-electron chi connectivity index (χ2n) is 6.80. The van der Waals surface area contributed by atoms with Crippen LogP contribution in [0.5, 0.6) is 0 Å². The van der Waals surface area contributed by atoms with Gasteiger partial charge in [0, 0.05) is 18.1 Å². The van der Waals surface area contributed by atoms with E-state index in [0.717, 1.165) is 13.0 Å². The molecule has 0 aliphatic heterocycles. The maximum absolute atomic E-state index is 12.2. The molecule has 2 fully saturated rings. The lowest BCUT2D eigenvalue weighted by molar-refractivity contribution is -0.157. The average molecular weight is 282 g/mol. The Morgan fingerprint density at radius 3 is 2.55 bits per heavy atom. The Morgan fingerprint density at radius 1 is 1.35 bits per heavy atom. The van der Waals surface area contributed by atoms with E-state index in [1.165, 1.54) is 32.1 Å². The molecule has 0 radical (unpaired) electrons. The molecule has 2 rings (SSSR count). The highest BCUT2D eigenvalue weighted by molar-refractivity contribution is 5.82. The van der Waals surface area contributed by atoms with Gasteiger partial charge in [-0.2, -0.15) is 0 Å². The molecule has 1 amide bonds. The third kappa shape index (κ3) is 2.86. The maximum Gasteiger partial charge on any atom is 0.237 e. The van der Waals surface area contributed by atoms with Crippen molar-refractivity contribution in [3.8, 4) is 0 Å². The Morgan fingerprint density at radius 2 is 2.00 bits per heavy atom. The smallest absolute Gasteiger partial charge is 0.237 e. The number of amides is 1. The largest absolute Gasteiger partial charge is 0.378 e. The number of nitrogens with one attached hydrogen (secondary N) is 1. The molecule has 3 atom stereocenters. The molecular weight excluding hydrogens is 252 g/mol. The van der Waals surface area contributed by atoms with Crippen LogP contribution in [0.3, 0.4) is 0 Å². The molecule has 0 heterocycles. The van der Waals surface area contributed by atoms with Crippen LogP contribution in [0.15, 0.2) is 0 Å². The third-order valence-electron chi connectivity index (χ3n) is 5.27. The minimum atomic E-state index is -0.401. The van der Waals surface area contributed by atoms with Gasteiger partial charge in [0.2, 0.25) is 5.91 Å². The van der Waals surface area contributed by atoms with Crippen LogP contribution in [-0.2, 0) is 9.53 Å². The van der Waals surface area contributed by atoms with Crippen LogP contribution in [0.2, 0.25) is 0 Å². The summed E-state index contributed by atoms with van der Waals surface area (Å²) in [4.78, 5) is 12.2. The molecule has 0 bridgehead atoms. The molecule has 2 aliphatic carbocycles. The number of carbonyl (C=O) groups excluding carboxylic acids is 1. The summed E-state index contributed by atoms with van der Waals surface area (Å²) in [5.74, 6) is 0.185. The minimum absolute atomic E-state index is 0.00453. The maximum atomic E-state index is 12.2. The van der Waals surface area contributed by atoms with Gasteiger partial charge in [0.05, 0.1) is 12.1 Å². The van der Waals surface area contributed by atoms with Gasteiger partial charge >= 0.3 is 0 Å². The molecular formula is C16H30N2O2. The van der Waals surface area contributed by atoms with Crippen LogP contribution in [0, 0.1) is 11.3 Å². The van der Waals surface area contributed by atoms with E-state index in [-0.39, 0.29) is 23.3 Å². The quantitative estimate of drug-likeness (QED) is 0.812. The zero-order chi connectivity index (χ0) is 14.8. The first-order valence-corrected chi connectivity index (χ1v) is 8.19. The van der Waals surface area contributed by atoms with E-state index in [9.17, 15) is 4.79 Å². The summed E-state index contributed by atoms with van der Waals surface area (Å²) >= 11 is 0. The Bertz CT molecular complexity index is 337. The number of hydrogen-bond donors (Lipinski definition) is 2. The summed E-state index contributed by atoms with van der Waals surface area (Å²) in [6, 6.07) is -0.140. The minimum Gasteiger partial charge on any atom is -0.378 e. The molecule has 0 saturated heterocycles. The van der Waals surface area contributed by atoms with Crippen molar-refractivity contribution in [3.05, 3.63) is 0 Å². The van der Waals surface area contributed by atoms with Gasteiger partial charge in [0.15, 0.2) is 0 Å². The fourth-order valence-electron chi connectivity index (χ4n) is 3.84. The highest BCUT2D eigenvalue weighted by atomic mass is 16.5. The number of carbonyl (C=O) groups is 1. The first kappa shape index (κ1) is 15.8. The summed E-state index contributed by atoms with van der Waals surface area (Å²) in [7, 11) is 0. The highest BCUT2D eigenvalue weighted by Gasteiger charge is 2.56. The van der Waals surface area contributed by atoms with Crippen LogP contribution in [0.4, 0.5) is 0 Å². The summed E-state index contributed by atoms with van der Waals surface area (Å²) in [5.41, 5.74) is 6.14. The van der Waals surface area contributed by atoms with Gasteiger partial charge in [-0.05, 0) is 32.1 Å². The number of hydrogen-bond acceptors (Lipinski definition) is 3. The zero-order valence-electron chi connectivity index (χ0n) is 13.2. The van der Waals surface area contributed by atoms with Crippen molar-refractivity contribution in [2.24, 2.45) is 17.1 Å². The zero-order valence-corrected chi connectivity index (χ0v) is 13.2. The fourth-order valence-corrected chi connectivity index (χ4v) is 3.84. The van der Waals surface area contributed by atoms with E-state index < -0.39 is 6.04 Å². The van der Waals surface area contributed by atoms with Gasteiger partial charge in [0.25, 0.3) is 0 Å². The standard InChI is InChI=1S/C16H30N2O2/c1-4-20-13-10-12(16(13)8-6-5-7-9-16)18-15(19)14(17)11(2)3/h11-14H,4-10,17H2,1-3H3,(H,18,19)/t12?,13?,14-/m0/s1. The van der Waals surface area contributed by atoms with Crippen LogP contribution < -0.4 is 11.1 Å². The van der Waals surface area contributed by atoms with Crippen molar-refractivity contribution in [2.75, 3.05) is 6.61 Å². The monoisotopic (exact) mass is 282 g/mol. The van der Waals surface area contributed by atoms with Gasteiger partial charge in [0.1, 0.15) is 0 Å². The van der Waals surface area contributed by atoms with Crippen LogP contribution in [0.1, 0.15) is 59.3 Å². The Kier molecular flexibility index (Phi) is 5.08. The third-order valence-corrected chi connectivity index (χ3v) is 5.27. The van der Waals surface area contributed by atoms with E-state index in [0.29, 0.717) is 6.10 Å². The normalized spacial score (nSPS) is 30.1. The fraction of sp³-hybridized carbons (Fsp3) is 0.938. The van der Waals surface area contributed by atoms with Crippen molar-refractivity contribution in [3.63, 3.8) is 0 Å². The molecule has 0 aromatic heterocycles. The van der Waals surface area contributed by atoms with Gasteiger partial charge in [-0.15, -0.1) is 0 Å². The predicted molar refractivity (Wildman–Crippen MR) is 80.3 cm³/mol. The van der Waals surface area contributed by atoms with Crippen molar-refractivity contribution in [1.82, 2.24) is 5.32 Å². The Hall–Kier alpha value is -0.610. The predicted octanol–water partition coefficient (Wildman–Crippen LogP) is 2.21. The molecule has 3 N–H and O–H groups in total. The van der Waals surface area contributed by atoms with Gasteiger partial charge in [-0.1, -0.05) is 33.1 Å². The molecule has 2 saturated carbocycles. The lowest BCUT2D eigenvalue weighted by Gasteiger charge is -2.57. The molecule has 2 aliphatic rings. The Labute approximate surface area is 122 Å². The molecule has 0 aromatic carbocycles. The summed E-state index contributed by atoms with van der Waals surface area (Å²) < 4.78 is 5.91. The van der Waals surface area contributed by atoms with Crippen molar-refractivity contribution < 1.29 is 9.53 Å². The summed E-state index contributed by atoms with van der Waals surface area (Å²) in [6.07, 6.45) is 7.46. The topological polar surface area (TPSA) is 64.3 Å². The average Bonchev–Trinajstić information content (AvgIpc) is 2.46. The van der Waals surface area contributed by atoms with Crippen molar-refractivity contribution in [2.45, 2.75) is 77.5 Å².